The fourth-order valence-corrected chi connectivity index (χ4v) is 4.63. The number of para-hydroxylation sites is 3. The molecule has 3 heteroatoms. The number of rotatable bonds is 0. The zero-order chi connectivity index (χ0) is 18.9. The van der Waals surface area contributed by atoms with Gasteiger partial charge in [-0.05, 0) is 41.1 Å². The number of pyridine rings is 2. The van der Waals surface area contributed by atoms with Gasteiger partial charge in [-0.25, -0.2) is 9.97 Å². The molecular formula is C26H15N3. The van der Waals surface area contributed by atoms with Gasteiger partial charge in [-0.15, -0.1) is 0 Å². The first kappa shape index (κ1) is 15.0. The van der Waals surface area contributed by atoms with Crippen molar-refractivity contribution in [3.05, 3.63) is 91.0 Å². The molecule has 0 aliphatic rings. The normalized spacial score (nSPS) is 12.1. The molecule has 0 spiro atoms. The number of imidazole rings is 1. The summed E-state index contributed by atoms with van der Waals surface area (Å²) >= 11 is 0. The lowest BCUT2D eigenvalue weighted by Crippen LogP contribution is -1.95. The van der Waals surface area contributed by atoms with Crippen LogP contribution in [-0.2, 0) is 0 Å². The quantitative estimate of drug-likeness (QED) is 0.226. The maximum atomic E-state index is 5.11. The van der Waals surface area contributed by atoms with Crippen molar-refractivity contribution < 1.29 is 0 Å². The van der Waals surface area contributed by atoms with Crippen molar-refractivity contribution in [2.45, 2.75) is 0 Å². The summed E-state index contributed by atoms with van der Waals surface area (Å²) < 4.78 is 2.22. The predicted molar refractivity (Wildman–Crippen MR) is 121 cm³/mol. The van der Waals surface area contributed by atoms with Gasteiger partial charge in [0.05, 0.1) is 16.6 Å². The Labute approximate surface area is 165 Å². The van der Waals surface area contributed by atoms with E-state index in [2.05, 4.69) is 83.3 Å². The van der Waals surface area contributed by atoms with Gasteiger partial charge in [0.15, 0.2) is 0 Å². The highest BCUT2D eigenvalue weighted by Crippen LogP contribution is 2.37. The van der Waals surface area contributed by atoms with Crippen LogP contribution in [-0.4, -0.2) is 14.4 Å². The minimum atomic E-state index is 0.955. The standard InChI is InChI=1S/C26H15N3/c1-3-9-18-16(7-1)13-14-19-24(18)20-15-17-8-2-4-10-21(17)27-26(20)29-23-12-6-5-11-22(23)28-25(19)29/h1-15H. The SMILES string of the molecule is c1ccc2nc3c(cc2c1)c1c2ccccc2ccc1c1nc2ccccc2n31. The van der Waals surface area contributed by atoms with Crippen LogP contribution in [0.15, 0.2) is 91.0 Å². The second-order valence-corrected chi connectivity index (χ2v) is 7.52. The Morgan fingerprint density at radius 1 is 0.517 bits per heavy atom. The number of fused-ring (bicyclic) bond motifs is 11. The predicted octanol–water partition coefficient (Wildman–Crippen LogP) is 6.50. The number of aromatic nitrogens is 3. The second kappa shape index (κ2) is 5.30. The summed E-state index contributed by atoms with van der Waals surface area (Å²) in [6, 6.07) is 31.9. The highest BCUT2D eigenvalue weighted by Gasteiger charge is 2.16. The maximum Gasteiger partial charge on any atom is 0.147 e. The van der Waals surface area contributed by atoms with E-state index in [1.54, 1.807) is 0 Å². The van der Waals surface area contributed by atoms with Gasteiger partial charge in [0.25, 0.3) is 0 Å². The summed E-state index contributed by atoms with van der Waals surface area (Å²) in [4.78, 5) is 10.1. The molecule has 3 heterocycles. The third kappa shape index (κ3) is 1.91. The Hall–Kier alpha value is -3.98. The zero-order valence-corrected chi connectivity index (χ0v) is 15.5. The van der Waals surface area contributed by atoms with Gasteiger partial charge < -0.3 is 0 Å². The topological polar surface area (TPSA) is 30.2 Å². The summed E-state index contributed by atoms with van der Waals surface area (Å²) in [6.45, 7) is 0. The van der Waals surface area contributed by atoms with Crippen molar-refractivity contribution in [2.24, 2.45) is 0 Å². The minimum Gasteiger partial charge on any atom is -0.276 e. The van der Waals surface area contributed by atoms with Gasteiger partial charge in [0.1, 0.15) is 11.3 Å². The highest BCUT2D eigenvalue weighted by atomic mass is 15.1. The van der Waals surface area contributed by atoms with Gasteiger partial charge in [-0.1, -0.05) is 60.7 Å². The van der Waals surface area contributed by atoms with Gasteiger partial charge in [0.2, 0.25) is 0 Å². The fourth-order valence-electron chi connectivity index (χ4n) is 4.63. The van der Waals surface area contributed by atoms with E-state index in [1.165, 1.54) is 16.2 Å². The molecular weight excluding hydrogens is 354 g/mol. The molecule has 0 saturated heterocycles. The lowest BCUT2D eigenvalue weighted by molar-refractivity contribution is 1.26. The smallest absolute Gasteiger partial charge is 0.147 e. The largest absolute Gasteiger partial charge is 0.276 e. The van der Waals surface area contributed by atoms with Crippen LogP contribution in [0.1, 0.15) is 0 Å². The van der Waals surface area contributed by atoms with Crippen LogP contribution in [0, 0.1) is 0 Å². The zero-order valence-electron chi connectivity index (χ0n) is 15.5. The number of hydrogen-bond acceptors (Lipinski definition) is 2. The van der Waals surface area contributed by atoms with Gasteiger partial charge in [0, 0.05) is 21.5 Å². The second-order valence-electron chi connectivity index (χ2n) is 7.52. The summed E-state index contributed by atoms with van der Waals surface area (Å²) in [7, 11) is 0. The average Bonchev–Trinajstić information content (AvgIpc) is 3.17. The van der Waals surface area contributed by atoms with Crippen LogP contribution in [0.4, 0.5) is 0 Å². The number of hydrogen-bond donors (Lipinski definition) is 0. The number of nitrogens with zero attached hydrogens (tertiary/aromatic N) is 3. The van der Waals surface area contributed by atoms with Crippen LogP contribution < -0.4 is 0 Å². The molecule has 0 radical (unpaired) electrons. The molecule has 0 amide bonds. The van der Waals surface area contributed by atoms with Crippen molar-refractivity contribution >= 4 is 60.2 Å². The molecule has 3 aromatic heterocycles. The molecule has 134 valence electrons. The number of benzene rings is 4. The van der Waals surface area contributed by atoms with Crippen molar-refractivity contribution in [3.8, 4) is 0 Å². The summed E-state index contributed by atoms with van der Waals surface area (Å²) in [5.74, 6) is 0. The molecule has 0 fully saturated rings. The van der Waals surface area contributed by atoms with Crippen molar-refractivity contribution in [1.82, 2.24) is 14.4 Å². The molecule has 7 rings (SSSR count). The monoisotopic (exact) mass is 369 g/mol. The first-order chi connectivity index (χ1) is 14.4. The van der Waals surface area contributed by atoms with Crippen LogP contribution in [0.3, 0.4) is 0 Å². The molecule has 7 aromatic rings. The Balaban J connectivity index is 1.90. The lowest BCUT2D eigenvalue weighted by Gasteiger charge is -2.12. The molecule has 0 aliphatic carbocycles. The van der Waals surface area contributed by atoms with Crippen molar-refractivity contribution in [1.29, 1.82) is 0 Å². The Kier molecular flexibility index (Phi) is 2.74. The maximum absolute atomic E-state index is 5.11. The Morgan fingerprint density at radius 2 is 1.21 bits per heavy atom. The van der Waals surface area contributed by atoms with Crippen molar-refractivity contribution in [3.63, 3.8) is 0 Å². The minimum absolute atomic E-state index is 0.955. The van der Waals surface area contributed by atoms with E-state index in [0.29, 0.717) is 0 Å². The molecule has 0 saturated carbocycles. The molecule has 4 aromatic carbocycles. The highest BCUT2D eigenvalue weighted by molar-refractivity contribution is 6.24. The Bertz CT molecular complexity index is 1760. The van der Waals surface area contributed by atoms with E-state index in [4.69, 9.17) is 9.97 Å². The van der Waals surface area contributed by atoms with E-state index in [0.717, 1.165) is 44.0 Å². The van der Waals surface area contributed by atoms with E-state index >= 15 is 0 Å². The lowest BCUT2D eigenvalue weighted by atomic mass is 9.99. The summed E-state index contributed by atoms with van der Waals surface area (Å²) in [5, 5.41) is 7.16. The van der Waals surface area contributed by atoms with Crippen molar-refractivity contribution in [2.75, 3.05) is 0 Å². The van der Waals surface area contributed by atoms with Crippen LogP contribution in [0.25, 0.3) is 60.2 Å². The average molecular weight is 369 g/mol. The molecule has 3 nitrogen and oxygen atoms in total. The molecule has 0 aliphatic heterocycles. The van der Waals surface area contributed by atoms with E-state index in [1.807, 2.05) is 12.1 Å². The van der Waals surface area contributed by atoms with Crippen LogP contribution >= 0.6 is 0 Å². The van der Waals surface area contributed by atoms with E-state index < -0.39 is 0 Å². The molecule has 0 bridgehead atoms. The molecule has 0 unspecified atom stereocenters. The fraction of sp³-hybridized carbons (Fsp3) is 0. The Morgan fingerprint density at radius 3 is 2.14 bits per heavy atom. The molecule has 29 heavy (non-hydrogen) atoms. The first-order valence-electron chi connectivity index (χ1n) is 9.79. The van der Waals surface area contributed by atoms with Gasteiger partial charge in [-0.3, -0.25) is 4.40 Å². The first-order valence-corrected chi connectivity index (χ1v) is 9.79. The van der Waals surface area contributed by atoms with E-state index in [9.17, 15) is 0 Å². The van der Waals surface area contributed by atoms with E-state index in [-0.39, 0.29) is 0 Å². The molecule has 0 atom stereocenters. The third-order valence-electron chi connectivity index (χ3n) is 5.92. The summed E-state index contributed by atoms with van der Waals surface area (Å²) in [6.07, 6.45) is 0. The van der Waals surface area contributed by atoms with Crippen LogP contribution in [0.5, 0.6) is 0 Å². The van der Waals surface area contributed by atoms with Gasteiger partial charge >= 0.3 is 0 Å². The summed E-state index contributed by atoms with van der Waals surface area (Å²) in [5.41, 5.74) is 4.99. The third-order valence-corrected chi connectivity index (χ3v) is 5.92. The molecule has 0 N–H and O–H groups in total. The van der Waals surface area contributed by atoms with Gasteiger partial charge in [-0.2, -0.15) is 0 Å². The van der Waals surface area contributed by atoms with Crippen LogP contribution in [0.2, 0.25) is 0 Å².